The molecule has 3 aliphatic carbocycles. The van der Waals surface area contributed by atoms with Crippen LogP contribution in [0.3, 0.4) is 0 Å². The highest BCUT2D eigenvalue weighted by Crippen LogP contribution is 2.81. The summed E-state index contributed by atoms with van der Waals surface area (Å²) in [6, 6.07) is 25.2. The van der Waals surface area contributed by atoms with Gasteiger partial charge in [0.05, 0.1) is 21.9 Å². The van der Waals surface area contributed by atoms with Crippen molar-refractivity contribution in [3.8, 4) is 22.5 Å². The molecule has 4 heteroatoms. The highest BCUT2D eigenvalue weighted by molar-refractivity contribution is 6.04. The molecule has 0 radical (unpaired) electrons. The Morgan fingerprint density at radius 3 is 1.62 bits per heavy atom. The van der Waals surface area contributed by atoms with Gasteiger partial charge < -0.3 is 0 Å². The largest absolute Gasteiger partial charge is 0.275 e. The minimum absolute atomic E-state index is 0.142. The zero-order valence-corrected chi connectivity index (χ0v) is 27.6. The third-order valence-corrected chi connectivity index (χ3v) is 13.9. The molecule has 1 fully saturated rings. The summed E-state index contributed by atoms with van der Waals surface area (Å²) in [5, 5.41) is 4.84. The van der Waals surface area contributed by atoms with Gasteiger partial charge in [0.2, 0.25) is 11.4 Å². The first-order chi connectivity index (χ1) is 22.6. The van der Waals surface area contributed by atoms with Crippen LogP contribution in [0.25, 0.3) is 44.1 Å². The van der Waals surface area contributed by atoms with Crippen molar-refractivity contribution in [1.29, 1.82) is 0 Å². The zero-order valence-electron chi connectivity index (χ0n) is 27.6. The van der Waals surface area contributed by atoms with Gasteiger partial charge in [-0.3, -0.25) is 0 Å². The van der Waals surface area contributed by atoms with Crippen LogP contribution in [0.4, 0.5) is 8.78 Å². The van der Waals surface area contributed by atoms with E-state index in [9.17, 15) is 0 Å². The maximum Gasteiger partial charge on any atom is 0.275 e. The second-order valence-corrected chi connectivity index (χ2v) is 15.7. The number of fused-ring (bicyclic) bond motifs is 7. The average Bonchev–Trinajstić information content (AvgIpc) is 3.50. The predicted octanol–water partition coefficient (Wildman–Crippen LogP) is 9.00. The fourth-order valence-corrected chi connectivity index (χ4v) is 12.5. The van der Waals surface area contributed by atoms with E-state index < -0.39 is 27.3 Å². The lowest BCUT2D eigenvalue weighted by Crippen LogP contribution is -2.60. The molecular formula is C43H36F2N2+2. The monoisotopic (exact) mass is 618 g/mol. The number of nitrogens with zero attached hydrogens (tertiary/aromatic N) is 2. The van der Waals surface area contributed by atoms with Crippen LogP contribution in [0.15, 0.2) is 85.2 Å². The molecule has 3 atom stereocenters. The Labute approximate surface area is 273 Å². The van der Waals surface area contributed by atoms with Crippen molar-refractivity contribution in [3.05, 3.63) is 130 Å². The molecule has 1 spiro atoms. The van der Waals surface area contributed by atoms with Gasteiger partial charge in [0, 0.05) is 46.1 Å². The Morgan fingerprint density at radius 1 is 0.553 bits per heavy atom. The Kier molecular flexibility index (Phi) is 4.24. The van der Waals surface area contributed by atoms with Crippen LogP contribution in [0, 0.1) is 11.6 Å². The van der Waals surface area contributed by atoms with Crippen LogP contribution in [-0.4, -0.2) is 0 Å². The van der Waals surface area contributed by atoms with Gasteiger partial charge in [-0.1, -0.05) is 84.0 Å². The average molecular weight is 619 g/mol. The van der Waals surface area contributed by atoms with Crippen molar-refractivity contribution in [3.63, 3.8) is 0 Å². The Balaban J connectivity index is 1.42. The molecule has 47 heavy (non-hydrogen) atoms. The first-order valence-corrected chi connectivity index (χ1v) is 17.2. The van der Waals surface area contributed by atoms with Crippen molar-refractivity contribution in [2.24, 2.45) is 0 Å². The number of rotatable bonds is 2. The molecule has 0 saturated heterocycles. The lowest BCUT2D eigenvalue weighted by atomic mass is 9.65. The lowest BCUT2D eigenvalue weighted by molar-refractivity contribution is -0.798. The van der Waals surface area contributed by atoms with E-state index in [1.54, 1.807) is 12.1 Å². The summed E-state index contributed by atoms with van der Waals surface area (Å²) in [6.07, 6.45) is 6.30. The van der Waals surface area contributed by atoms with Gasteiger partial charge in [-0.25, -0.2) is 8.78 Å². The van der Waals surface area contributed by atoms with Crippen LogP contribution in [0.2, 0.25) is 0 Å². The second kappa shape index (κ2) is 7.49. The fourth-order valence-electron chi connectivity index (χ4n) is 12.5. The molecule has 11 rings (SSSR count). The minimum atomic E-state index is -0.546. The molecule has 0 bridgehead atoms. The Bertz CT molecular complexity index is 2540. The van der Waals surface area contributed by atoms with E-state index >= 15 is 8.78 Å². The van der Waals surface area contributed by atoms with Gasteiger partial charge in [-0.15, -0.1) is 0 Å². The first kappa shape index (κ1) is 26.6. The molecule has 3 unspecified atom stereocenters. The minimum Gasteiger partial charge on any atom is -0.207 e. The van der Waals surface area contributed by atoms with Crippen LogP contribution in [0.5, 0.6) is 0 Å². The Hall–Kier alpha value is -4.44. The van der Waals surface area contributed by atoms with Crippen LogP contribution in [-0.2, 0) is 27.3 Å². The maximum atomic E-state index is 16.5. The summed E-state index contributed by atoms with van der Waals surface area (Å²) >= 11 is 0. The van der Waals surface area contributed by atoms with Crippen molar-refractivity contribution in [2.45, 2.75) is 81.7 Å². The molecule has 6 aromatic rings. The maximum absolute atomic E-state index is 16.5. The molecule has 2 aliphatic heterocycles. The summed E-state index contributed by atoms with van der Waals surface area (Å²) in [4.78, 5) is 0. The van der Waals surface area contributed by atoms with Crippen LogP contribution in [0.1, 0.15) is 87.8 Å². The van der Waals surface area contributed by atoms with E-state index in [-0.39, 0.29) is 11.6 Å². The summed E-state index contributed by atoms with van der Waals surface area (Å²) in [5.74, 6) is -0.284. The lowest BCUT2D eigenvalue weighted by Gasteiger charge is -2.38. The highest BCUT2D eigenvalue weighted by atomic mass is 19.1. The number of aromatic nitrogens is 2. The number of pyridine rings is 2. The topological polar surface area (TPSA) is 7.76 Å². The first-order valence-electron chi connectivity index (χ1n) is 17.2. The molecule has 4 heterocycles. The van der Waals surface area contributed by atoms with E-state index in [4.69, 9.17) is 0 Å². The molecule has 5 aliphatic rings. The van der Waals surface area contributed by atoms with Crippen molar-refractivity contribution in [1.82, 2.24) is 0 Å². The molecule has 2 aromatic heterocycles. The van der Waals surface area contributed by atoms with E-state index in [1.165, 1.54) is 43.8 Å². The third-order valence-electron chi connectivity index (χ3n) is 13.9. The van der Waals surface area contributed by atoms with Gasteiger partial charge in [0.15, 0.2) is 12.4 Å². The van der Waals surface area contributed by atoms with Crippen LogP contribution >= 0.6 is 0 Å². The molecule has 0 N–H and O–H groups in total. The molecule has 4 aromatic carbocycles. The molecule has 0 amide bonds. The van der Waals surface area contributed by atoms with Crippen molar-refractivity contribution < 1.29 is 17.9 Å². The molecular weight excluding hydrogens is 582 g/mol. The van der Waals surface area contributed by atoms with E-state index in [1.807, 2.05) is 0 Å². The predicted molar refractivity (Wildman–Crippen MR) is 181 cm³/mol. The zero-order chi connectivity index (χ0) is 32.2. The standard InChI is InChI=1S/C43H36F2N2/c1-7-41-27-15-17-29(44)35-33(27)37-31-23(11-9-13-25(31)39(35,3)4)19-21-46(37)42(41,8-2)43(41)28-16-18-30(45)36-34(28)38-32-24(20-22-47(38)43)12-10-14-26(32)40(36,5)6/h9-22H,7-8H2,1-6H3/q+2. The SMILES string of the molecule is CCC12c3ccc(F)c4c3-c3c5c(cccc5cc[n+]3C1(CC)C21c2ccc(F)c3c2-c2c5c(cccc5cc[n+]21)C3(C)C)C4(C)C. The number of benzene rings is 4. The normalized spacial score (nSPS) is 26.6. The smallest absolute Gasteiger partial charge is 0.207 e. The second-order valence-electron chi connectivity index (χ2n) is 15.7. The quantitative estimate of drug-likeness (QED) is 0.171. The van der Waals surface area contributed by atoms with Gasteiger partial charge in [0.25, 0.3) is 11.1 Å². The Morgan fingerprint density at radius 2 is 1.06 bits per heavy atom. The fraction of sp³-hybridized carbons (Fsp3) is 0.302. The van der Waals surface area contributed by atoms with Crippen molar-refractivity contribution in [2.75, 3.05) is 0 Å². The number of hydrogen-bond donors (Lipinski definition) is 0. The van der Waals surface area contributed by atoms with Gasteiger partial charge in [-0.2, -0.15) is 9.13 Å². The van der Waals surface area contributed by atoms with Crippen LogP contribution < -0.4 is 9.13 Å². The summed E-state index contributed by atoms with van der Waals surface area (Å²) in [7, 11) is 0. The summed E-state index contributed by atoms with van der Waals surface area (Å²) in [5.41, 5.74) is 8.40. The van der Waals surface area contributed by atoms with Gasteiger partial charge >= 0.3 is 0 Å². The summed E-state index contributed by atoms with van der Waals surface area (Å²) in [6.45, 7) is 13.4. The van der Waals surface area contributed by atoms with Gasteiger partial charge in [0.1, 0.15) is 17.0 Å². The van der Waals surface area contributed by atoms with E-state index in [2.05, 4.69) is 124 Å². The van der Waals surface area contributed by atoms with E-state index in [0.29, 0.717) is 0 Å². The van der Waals surface area contributed by atoms with Crippen molar-refractivity contribution >= 4 is 21.5 Å². The van der Waals surface area contributed by atoms with Gasteiger partial charge in [-0.05, 0) is 52.1 Å². The molecule has 1 saturated carbocycles. The number of halogens is 2. The number of hydrogen-bond acceptors (Lipinski definition) is 0. The molecule has 230 valence electrons. The highest BCUT2D eigenvalue weighted by Gasteiger charge is 3.03. The van der Waals surface area contributed by atoms with E-state index in [0.717, 1.165) is 46.5 Å². The third kappa shape index (κ3) is 2.24. The summed E-state index contributed by atoms with van der Waals surface area (Å²) < 4.78 is 38.0. The molecule has 2 nitrogen and oxygen atoms in total.